The number of nitrogens with zero attached hydrogens (tertiary/aromatic N) is 2. The van der Waals surface area contributed by atoms with Crippen molar-refractivity contribution in [3.05, 3.63) is 36.7 Å². The lowest BCUT2D eigenvalue weighted by molar-refractivity contribution is -0.123. The quantitative estimate of drug-likeness (QED) is 0.883. The van der Waals surface area contributed by atoms with E-state index in [1.807, 2.05) is 31.4 Å². The number of rotatable bonds is 4. The van der Waals surface area contributed by atoms with Gasteiger partial charge in [0.05, 0.1) is 6.20 Å². The zero-order chi connectivity index (χ0) is 13.1. The Kier molecular flexibility index (Phi) is 3.32. The highest BCUT2D eigenvalue weighted by Gasteiger charge is 2.10. The van der Waals surface area contributed by atoms with Crippen LogP contribution in [0.4, 0.5) is 0 Å². The van der Waals surface area contributed by atoms with Crippen LogP contribution in [0.15, 0.2) is 36.7 Å². The highest BCUT2D eigenvalue weighted by Crippen LogP contribution is 2.23. The molecule has 1 heterocycles. The summed E-state index contributed by atoms with van der Waals surface area (Å²) in [4.78, 5) is 10.9. The van der Waals surface area contributed by atoms with Crippen molar-refractivity contribution in [2.24, 2.45) is 12.8 Å². The van der Waals surface area contributed by atoms with E-state index in [0.29, 0.717) is 5.75 Å². The molecular weight excluding hydrogens is 230 g/mol. The first-order valence-electron chi connectivity index (χ1n) is 5.61. The van der Waals surface area contributed by atoms with Gasteiger partial charge in [0.25, 0.3) is 5.91 Å². The van der Waals surface area contributed by atoms with Gasteiger partial charge < -0.3 is 10.5 Å². The first-order chi connectivity index (χ1) is 8.56. The van der Waals surface area contributed by atoms with Crippen LogP contribution in [0.2, 0.25) is 0 Å². The smallest absolute Gasteiger partial charge is 0.258 e. The molecule has 1 unspecified atom stereocenters. The number of hydrogen-bond acceptors (Lipinski definition) is 3. The Morgan fingerprint density at radius 1 is 1.44 bits per heavy atom. The van der Waals surface area contributed by atoms with Gasteiger partial charge in [-0.25, -0.2) is 0 Å². The molecule has 18 heavy (non-hydrogen) atoms. The molecule has 2 rings (SSSR count). The van der Waals surface area contributed by atoms with Gasteiger partial charge in [0.1, 0.15) is 5.75 Å². The van der Waals surface area contributed by atoms with Crippen LogP contribution in [-0.4, -0.2) is 21.8 Å². The van der Waals surface area contributed by atoms with E-state index in [1.54, 1.807) is 23.9 Å². The number of amides is 1. The molecule has 1 aromatic carbocycles. The molecule has 94 valence electrons. The van der Waals surface area contributed by atoms with Gasteiger partial charge in [0, 0.05) is 18.8 Å². The molecular formula is C13H15N3O2. The molecule has 0 fully saturated rings. The Hall–Kier alpha value is -2.30. The molecule has 0 aliphatic heterocycles. The minimum absolute atomic E-state index is 0.484. The largest absolute Gasteiger partial charge is 0.481 e. The summed E-state index contributed by atoms with van der Waals surface area (Å²) in [5, 5.41) is 4.11. The summed E-state index contributed by atoms with van der Waals surface area (Å²) in [7, 11) is 1.86. The highest BCUT2D eigenvalue weighted by molar-refractivity contribution is 5.78. The van der Waals surface area contributed by atoms with Crippen molar-refractivity contribution in [3.8, 4) is 16.9 Å². The van der Waals surface area contributed by atoms with Crippen LogP contribution >= 0.6 is 0 Å². The van der Waals surface area contributed by atoms with Crippen molar-refractivity contribution in [3.63, 3.8) is 0 Å². The lowest BCUT2D eigenvalue weighted by atomic mass is 10.1. The molecule has 0 saturated carbocycles. The molecule has 2 N–H and O–H groups in total. The summed E-state index contributed by atoms with van der Waals surface area (Å²) in [5.74, 6) is 0.129. The maximum atomic E-state index is 10.9. The molecule has 0 saturated heterocycles. The molecule has 5 heteroatoms. The highest BCUT2D eigenvalue weighted by atomic mass is 16.5. The summed E-state index contributed by atoms with van der Waals surface area (Å²) in [6.07, 6.45) is 3.04. The van der Waals surface area contributed by atoms with Gasteiger partial charge >= 0.3 is 0 Å². The fourth-order valence-electron chi connectivity index (χ4n) is 1.58. The zero-order valence-corrected chi connectivity index (χ0v) is 10.3. The molecule has 0 aliphatic rings. The Morgan fingerprint density at radius 3 is 2.83 bits per heavy atom. The van der Waals surface area contributed by atoms with E-state index in [1.165, 1.54) is 0 Å². The Labute approximate surface area is 105 Å². The van der Waals surface area contributed by atoms with E-state index >= 15 is 0 Å². The predicted octanol–water partition coefficient (Wildman–Crippen LogP) is 1.34. The molecule has 0 aliphatic carbocycles. The number of aryl methyl sites for hydroxylation is 1. The third-order valence-electron chi connectivity index (χ3n) is 2.59. The average Bonchev–Trinajstić information content (AvgIpc) is 2.76. The first-order valence-corrected chi connectivity index (χ1v) is 5.61. The van der Waals surface area contributed by atoms with Gasteiger partial charge in [0.15, 0.2) is 6.10 Å². The van der Waals surface area contributed by atoms with Crippen molar-refractivity contribution >= 4 is 5.91 Å². The van der Waals surface area contributed by atoms with Crippen molar-refractivity contribution in [1.29, 1.82) is 0 Å². The number of benzene rings is 1. The van der Waals surface area contributed by atoms with Gasteiger partial charge in [-0.15, -0.1) is 0 Å². The van der Waals surface area contributed by atoms with Gasteiger partial charge in [0.2, 0.25) is 0 Å². The second kappa shape index (κ2) is 4.91. The second-order valence-electron chi connectivity index (χ2n) is 4.09. The van der Waals surface area contributed by atoms with Crippen molar-refractivity contribution < 1.29 is 9.53 Å². The second-order valence-corrected chi connectivity index (χ2v) is 4.09. The number of primary amides is 1. The first kappa shape index (κ1) is 12.2. The minimum Gasteiger partial charge on any atom is -0.481 e. The zero-order valence-electron chi connectivity index (χ0n) is 10.3. The van der Waals surface area contributed by atoms with Crippen LogP contribution in [0, 0.1) is 0 Å². The number of nitrogens with two attached hydrogens (primary N) is 1. The summed E-state index contributed by atoms with van der Waals surface area (Å²) in [6.45, 7) is 1.62. The van der Waals surface area contributed by atoms with Crippen LogP contribution in [0.5, 0.6) is 5.75 Å². The monoisotopic (exact) mass is 245 g/mol. The van der Waals surface area contributed by atoms with Crippen molar-refractivity contribution in [1.82, 2.24) is 9.78 Å². The Morgan fingerprint density at radius 2 is 2.22 bits per heavy atom. The average molecular weight is 245 g/mol. The predicted molar refractivity (Wildman–Crippen MR) is 67.9 cm³/mol. The number of ether oxygens (including phenoxy) is 1. The van der Waals surface area contributed by atoms with E-state index in [9.17, 15) is 4.79 Å². The Bertz CT molecular complexity index is 563. The van der Waals surface area contributed by atoms with Gasteiger partial charge in [-0.2, -0.15) is 5.10 Å². The number of carbonyl (C=O) groups excluding carboxylic acids is 1. The van der Waals surface area contributed by atoms with Crippen LogP contribution in [0.3, 0.4) is 0 Å². The Balaban J connectivity index is 2.22. The molecule has 1 amide bonds. The maximum Gasteiger partial charge on any atom is 0.258 e. The van der Waals surface area contributed by atoms with E-state index in [4.69, 9.17) is 10.5 Å². The molecule has 0 radical (unpaired) electrons. The van der Waals surface area contributed by atoms with Gasteiger partial charge in [-0.1, -0.05) is 12.1 Å². The molecule has 2 aromatic rings. The van der Waals surface area contributed by atoms with Crippen molar-refractivity contribution in [2.75, 3.05) is 0 Å². The third-order valence-corrected chi connectivity index (χ3v) is 2.59. The van der Waals surface area contributed by atoms with E-state index in [-0.39, 0.29) is 0 Å². The standard InChI is InChI=1S/C13H15N3O2/c1-9(13(14)17)18-12-5-3-4-10(6-12)11-7-15-16(2)8-11/h3-9H,1-2H3,(H2,14,17). The normalized spacial score (nSPS) is 12.1. The summed E-state index contributed by atoms with van der Waals surface area (Å²) in [6, 6.07) is 7.47. The molecule has 1 aromatic heterocycles. The van der Waals surface area contributed by atoms with E-state index in [2.05, 4.69) is 5.10 Å². The van der Waals surface area contributed by atoms with Crippen LogP contribution in [0.25, 0.3) is 11.1 Å². The SMILES string of the molecule is CC(Oc1cccc(-c2cnn(C)c2)c1)C(N)=O. The van der Waals surface area contributed by atoms with Gasteiger partial charge in [-0.3, -0.25) is 9.48 Å². The van der Waals surface area contributed by atoms with Crippen LogP contribution in [0.1, 0.15) is 6.92 Å². The van der Waals surface area contributed by atoms with Crippen LogP contribution < -0.4 is 10.5 Å². The van der Waals surface area contributed by atoms with E-state index < -0.39 is 12.0 Å². The summed E-state index contributed by atoms with van der Waals surface area (Å²) in [5.41, 5.74) is 7.14. The lowest BCUT2D eigenvalue weighted by Crippen LogP contribution is -2.30. The summed E-state index contributed by atoms with van der Waals surface area (Å²) >= 11 is 0. The molecule has 0 spiro atoms. The maximum absolute atomic E-state index is 10.9. The van der Waals surface area contributed by atoms with Crippen molar-refractivity contribution in [2.45, 2.75) is 13.0 Å². The third kappa shape index (κ3) is 2.68. The number of aromatic nitrogens is 2. The van der Waals surface area contributed by atoms with Crippen LogP contribution in [-0.2, 0) is 11.8 Å². The molecule has 1 atom stereocenters. The lowest BCUT2D eigenvalue weighted by Gasteiger charge is -2.11. The summed E-state index contributed by atoms with van der Waals surface area (Å²) < 4.78 is 7.17. The number of carbonyl (C=O) groups is 1. The molecule has 5 nitrogen and oxygen atoms in total. The van der Waals surface area contributed by atoms with E-state index in [0.717, 1.165) is 11.1 Å². The fraction of sp³-hybridized carbons (Fsp3) is 0.231. The minimum atomic E-state index is -0.644. The van der Waals surface area contributed by atoms with Gasteiger partial charge in [-0.05, 0) is 24.6 Å². The molecule has 0 bridgehead atoms. The fourth-order valence-corrected chi connectivity index (χ4v) is 1.58. The topological polar surface area (TPSA) is 70.1 Å². The number of hydrogen-bond donors (Lipinski definition) is 1.